The second-order valence-electron chi connectivity index (χ2n) is 4.49. The van der Waals surface area contributed by atoms with Gasteiger partial charge < -0.3 is 14.6 Å². The van der Waals surface area contributed by atoms with Gasteiger partial charge in [0.2, 0.25) is 0 Å². The first-order chi connectivity index (χ1) is 9.03. The molecule has 4 heteroatoms. The number of ether oxygens (including phenoxy) is 2. The fraction of sp³-hybridized carbons (Fsp3) is 0.533. The first kappa shape index (κ1) is 15.5. The first-order valence-corrected chi connectivity index (χ1v) is 6.48. The predicted molar refractivity (Wildman–Crippen MR) is 73.0 cm³/mol. The minimum Gasteiger partial charge on any atom is -0.497 e. The lowest BCUT2D eigenvalue weighted by Gasteiger charge is -2.33. The van der Waals surface area contributed by atoms with Gasteiger partial charge in [-0.2, -0.15) is 0 Å². The van der Waals surface area contributed by atoms with Gasteiger partial charge in [0.05, 0.1) is 20.1 Å². The zero-order chi connectivity index (χ0) is 14.5. The highest BCUT2D eigenvalue weighted by Gasteiger charge is 2.41. The Balaban J connectivity index is 3.16. The Morgan fingerprint density at radius 1 is 1.26 bits per heavy atom. The molecule has 0 saturated heterocycles. The smallest absolute Gasteiger partial charge is 0.311 e. The van der Waals surface area contributed by atoms with Crippen molar-refractivity contribution in [2.24, 2.45) is 5.92 Å². The van der Waals surface area contributed by atoms with E-state index in [-0.39, 0.29) is 5.97 Å². The Bertz CT molecular complexity index is 413. The van der Waals surface area contributed by atoms with Crippen molar-refractivity contribution in [3.05, 3.63) is 29.8 Å². The molecule has 2 unspecified atom stereocenters. The van der Waals surface area contributed by atoms with E-state index in [4.69, 9.17) is 9.47 Å². The van der Waals surface area contributed by atoms with Crippen LogP contribution in [0.3, 0.4) is 0 Å². The molecule has 0 aliphatic heterocycles. The highest BCUT2D eigenvalue weighted by atomic mass is 16.5. The molecule has 4 nitrogen and oxygen atoms in total. The van der Waals surface area contributed by atoms with Crippen molar-refractivity contribution in [1.82, 2.24) is 0 Å². The van der Waals surface area contributed by atoms with Crippen molar-refractivity contribution in [2.75, 3.05) is 14.2 Å². The first-order valence-electron chi connectivity index (χ1n) is 6.48. The average Bonchev–Trinajstić information content (AvgIpc) is 2.47. The third kappa shape index (κ3) is 3.07. The number of esters is 1. The van der Waals surface area contributed by atoms with Gasteiger partial charge in [-0.1, -0.05) is 26.0 Å². The molecule has 0 heterocycles. The normalized spacial score (nSPS) is 15.4. The molecule has 0 radical (unpaired) electrons. The molecular formula is C15H22O4. The van der Waals surface area contributed by atoms with Gasteiger partial charge in [0.1, 0.15) is 11.4 Å². The Morgan fingerprint density at radius 2 is 1.84 bits per heavy atom. The van der Waals surface area contributed by atoms with Crippen LogP contribution in [0.25, 0.3) is 0 Å². The van der Waals surface area contributed by atoms with E-state index >= 15 is 0 Å². The Morgan fingerprint density at radius 3 is 2.21 bits per heavy atom. The topological polar surface area (TPSA) is 55.8 Å². The molecule has 0 spiro atoms. The molecule has 1 aromatic rings. The Kier molecular flexibility index (Phi) is 5.36. The fourth-order valence-corrected chi connectivity index (χ4v) is 2.37. The third-order valence-corrected chi connectivity index (χ3v) is 3.60. The maximum absolute atomic E-state index is 11.8. The highest BCUT2D eigenvalue weighted by Crippen LogP contribution is 2.36. The molecule has 1 N–H and O–H groups in total. The second-order valence-corrected chi connectivity index (χ2v) is 4.49. The third-order valence-electron chi connectivity index (χ3n) is 3.60. The van der Waals surface area contributed by atoms with Crippen LogP contribution in [0.15, 0.2) is 24.3 Å². The van der Waals surface area contributed by atoms with Crippen LogP contribution in [0.2, 0.25) is 0 Å². The summed E-state index contributed by atoms with van der Waals surface area (Å²) in [5.41, 5.74) is -0.512. The lowest BCUT2D eigenvalue weighted by Crippen LogP contribution is -2.39. The summed E-state index contributed by atoms with van der Waals surface area (Å²) in [5, 5.41) is 10.9. The lowest BCUT2D eigenvalue weighted by atomic mass is 9.78. The quantitative estimate of drug-likeness (QED) is 0.804. The van der Waals surface area contributed by atoms with Crippen molar-refractivity contribution < 1.29 is 19.4 Å². The largest absolute Gasteiger partial charge is 0.497 e. The summed E-state index contributed by atoms with van der Waals surface area (Å²) >= 11 is 0. The van der Waals surface area contributed by atoms with Crippen molar-refractivity contribution in [1.29, 1.82) is 0 Å². The van der Waals surface area contributed by atoms with E-state index in [1.807, 2.05) is 13.8 Å². The Hall–Kier alpha value is -1.55. The number of hydrogen-bond acceptors (Lipinski definition) is 4. The van der Waals surface area contributed by atoms with Crippen LogP contribution in [-0.4, -0.2) is 25.3 Å². The van der Waals surface area contributed by atoms with Crippen molar-refractivity contribution in [3.63, 3.8) is 0 Å². The molecule has 106 valence electrons. The number of rotatable bonds is 6. The molecule has 0 bridgehead atoms. The second kappa shape index (κ2) is 6.57. The molecule has 1 rings (SSSR count). The van der Waals surface area contributed by atoms with Crippen LogP contribution in [0, 0.1) is 5.92 Å². The van der Waals surface area contributed by atoms with Crippen LogP contribution >= 0.6 is 0 Å². The average molecular weight is 266 g/mol. The molecule has 0 aromatic heterocycles. The number of hydrogen-bond donors (Lipinski definition) is 1. The van der Waals surface area contributed by atoms with Gasteiger partial charge in [0, 0.05) is 0 Å². The fourth-order valence-electron chi connectivity index (χ4n) is 2.37. The van der Waals surface area contributed by atoms with E-state index in [0.717, 1.165) is 0 Å². The summed E-state index contributed by atoms with van der Waals surface area (Å²) in [6.07, 6.45) is 0.954. The van der Waals surface area contributed by atoms with Crippen LogP contribution in [0.5, 0.6) is 5.75 Å². The zero-order valence-electron chi connectivity index (χ0n) is 12.0. The SMILES string of the molecule is CCC(C(=O)OC)C(O)(CC)c1ccc(OC)cc1. The molecule has 19 heavy (non-hydrogen) atoms. The number of carbonyl (C=O) groups excluding carboxylic acids is 1. The van der Waals surface area contributed by atoms with Gasteiger partial charge in [-0.3, -0.25) is 4.79 Å². The maximum Gasteiger partial charge on any atom is 0.311 e. The number of aliphatic hydroxyl groups is 1. The standard InChI is InChI=1S/C15H22O4/c1-5-13(14(16)19-4)15(17,6-2)11-7-9-12(18-3)10-8-11/h7-10,13,17H,5-6H2,1-4H3. The van der Waals surface area contributed by atoms with Gasteiger partial charge in [-0.25, -0.2) is 0 Å². The minimum atomic E-state index is -1.21. The van der Waals surface area contributed by atoms with Gasteiger partial charge in [0.15, 0.2) is 0 Å². The summed E-state index contributed by atoms with van der Waals surface area (Å²) in [4.78, 5) is 11.8. The zero-order valence-corrected chi connectivity index (χ0v) is 12.0. The highest BCUT2D eigenvalue weighted by molar-refractivity contribution is 5.74. The number of carbonyl (C=O) groups is 1. The van der Waals surface area contributed by atoms with Crippen LogP contribution in [0.4, 0.5) is 0 Å². The summed E-state index contributed by atoms with van der Waals surface area (Å²) in [6.45, 7) is 3.72. The van der Waals surface area contributed by atoms with Crippen molar-refractivity contribution >= 4 is 5.97 Å². The molecule has 0 saturated carbocycles. The lowest BCUT2D eigenvalue weighted by molar-refractivity contribution is -0.157. The summed E-state index contributed by atoms with van der Waals surface area (Å²) in [5.74, 6) is -0.244. The molecule has 0 fully saturated rings. The van der Waals surface area contributed by atoms with E-state index in [1.165, 1.54) is 7.11 Å². The summed E-state index contributed by atoms with van der Waals surface area (Å²) in [7, 11) is 2.93. The van der Waals surface area contributed by atoms with Gasteiger partial charge in [-0.05, 0) is 30.5 Å². The number of benzene rings is 1. The van der Waals surface area contributed by atoms with Crippen molar-refractivity contribution in [3.8, 4) is 5.75 Å². The van der Waals surface area contributed by atoms with Crippen LogP contribution in [0.1, 0.15) is 32.3 Å². The van der Waals surface area contributed by atoms with Gasteiger partial charge in [-0.15, -0.1) is 0 Å². The molecular weight excluding hydrogens is 244 g/mol. The molecule has 1 aromatic carbocycles. The number of methoxy groups -OCH3 is 2. The predicted octanol–water partition coefficient (Wildman–Crippen LogP) is 2.49. The molecule has 0 aliphatic carbocycles. The monoisotopic (exact) mass is 266 g/mol. The summed E-state index contributed by atoms with van der Waals surface area (Å²) in [6, 6.07) is 7.13. The minimum absolute atomic E-state index is 0.386. The van der Waals surface area contributed by atoms with Gasteiger partial charge >= 0.3 is 5.97 Å². The van der Waals surface area contributed by atoms with E-state index < -0.39 is 11.5 Å². The summed E-state index contributed by atoms with van der Waals surface area (Å²) < 4.78 is 9.89. The molecule has 0 aliphatic rings. The maximum atomic E-state index is 11.8. The van der Waals surface area contributed by atoms with Gasteiger partial charge in [0.25, 0.3) is 0 Å². The van der Waals surface area contributed by atoms with E-state index in [1.54, 1.807) is 31.4 Å². The van der Waals surface area contributed by atoms with E-state index in [9.17, 15) is 9.90 Å². The van der Waals surface area contributed by atoms with E-state index in [2.05, 4.69) is 0 Å². The van der Waals surface area contributed by atoms with Crippen LogP contribution in [-0.2, 0) is 15.1 Å². The molecule has 2 atom stereocenters. The molecule has 0 amide bonds. The Labute approximate surface area is 114 Å². The van der Waals surface area contributed by atoms with Crippen molar-refractivity contribution in [2.45, 2.75) is 32.3 Å². The van der Waals surface area contributed by atoms with E-state index in [0.29, 0.717) is 24.2 Å². The van der Waals surface area contributed by atoms with Crippen LogP contribution < -0.4 is 4.74 Å².